The monoisotopic (exact) mass is 211 g/mol. The number of hydrogen-bond acceptors (Lipinski definition) is 1. The summed E-state index contributed by atoms with van der Waals surface area (Å²) in [5.41, 5.74) is 0.792. The first-order chi connectivity index (χ1) is 7.04. The molecule has 0 heterocycles. The smallest absolute Gasteiger partial charge is 0.133 e. The summed E-state index contributed by atoms with van der Waals surface area (Å²) in [6.45, 7) is 7.27. The van der Waals surface area contributed by atoms with Crippen LogP contribution in [0.2, 0.25) is 0 Å². The van der Waals surface area contributed by atoms with Gasteiger partial charge in [-0.15, -0.1) is 0 Å². The normalized spacial score (nSPS) is 12.5. The minimum atomic E-state index is -0.634. The van der Waals surface area contributed by atoms with E-state index < -0.39 is 11.6 Å². The Balaban J connectivity index is 2.82. The summed E-state index contributed by atoms with van der Waals surface area (Å²) in [4.78, 5) is 0. The number of allylic oxidation sites excluding steroid dienone is 1. The molecule has 81 valence electrons. The molecule has 1 aromatic rings. The highest BCUT2D eigenvalue weighted by atomic mass is 19.1. The third-order valence-electron chi connectivity index (χ3n) is 2.11. The lowest BCUT2D eigenvalue weighted by molar-refractivity contribution is 0.253. The van der Waals surface area contributed by atoms with Gasteiger partial charge in [0.05, 0.1) is 0 Å². The molecule has 0 saturated heterocycles. The summed E-state index contributed by atoms with van der Waals surface area (Å²) in [5.74, 6) is -1.47. The fourth-order valence-electron chi connectivity index (χ4n) is 1.30. The van der Waals surface area contributed by atoms with Crippen molar-refractivity contribution < 1.29 is 13.9 Å². The number of rotatable bonds is 4. The van der Waals surface area contributed by atoms with E-state index in [9.17, 15) is 8.78 Å². The lowest BCUT2D eigenvalue weighted by Crippen LogP contribution is -2.02. The Morgan fingerprint density at radius 1 is 1.40 bits per heavy atom. The zero-order valence-corrected chi connectivity index (χ0v) is 8.34. The molecule has 1 nitrogen and oxygen atoms in total. The molecule has 1 radical (unpaired) electrons. The van der Waals surface area contributed by atoms with Crippen molar-refractivity contribution in [2.24, 2.45) is 5.92 Å². The van der Waals surface area contributed by atoms with Crippen LogP contribution in [0.4, 0.5) is 8.78 Å². The molecule has 1 N–H and O–H groups in total. The van der Waals surface area contributed by atoms with E-state index in [0.29, 0.717) is 12.0 Å². The molecule has 0 aromatic heterocycles. The van der Waals surface area contributed by atoms with Crippen molar-refractivity contribution in [3.8, 4) is 0 Å². The molecule has 0 amide bonds. The van der Waals surface area contributed by atoms with Crippen molar-refractivity contribution in [1.29, 1.82) is 0 Å². The molecule has 1 aromatic carbocycles. The molecule has 0 aliphatic carbocycles. The van der Waals surface area contributed by atoms with Crippen LogP contribution < -0.4 is 0 Å². The Morgan fingerprint density at radius 3 is 2.60 bits per heavy atom. The predicted octanol–water partition coefficient (Wildman–Crippen LogP) is 2.81. The maximum absolute atomic E-state index is 13.3. The minimum absolute atomic E-state index is 0.0815. The molecular weight excluding hydrogens is 198 g/mol. The van der Waals surface area contributed by atoms with E-state index >= 15 is 0 Å². The Morgan fingerprint density at radius 2 is 2.07 bits per heavy atom. The molecule has 0 aliphatic heterocycles. The summed E-state index contributed by atoms with van der Waals surface area (Å²) in [7, 11) is 0. The van der Waals surface area contributed by atoms with Crippen LogP contribution in [0.15, 0.2) is 24.8 Å². The van der Waals surface area contributed by atoms with Crippen LogP contribution in [0.3, 0.4) is 0 Å². The average Bonchev–Trinajstić information content (AvgIpc) is 2.17. The van der Waals surface area contributed by atoms with E-state index in [1.54, 1.807) is 0 Å². The lowest BCUT2D eigenvalue weighted by atomic mass is 9.97. The lowest BCUT2D eigenvalue weighted by Gasteiger charge is -2.11. The molecule has 1 rings (SSSR count). The molecule has 0 fully saturated rings. The van der Waals surface area contributed by atoms with Crippen LogP contribution in [0.25, 0.3) is 5.57 Å². The van der Waals surface area contributed by atoms with Gasteiger partial charge in [-0.25, -0.2) is 8.78 Å². The standard InChI is InChI=1S/C12H13F2O/c1-8(7-15)5-9(2)11-4-3-10(13)6-12(11)14/h3-4,6,8,15H,1-2,5,7H2/t8-/m0/s1. The van der Waals surface area contributed by atoms with Gasteiger partial charge in [0.1, 0.15) is 11.6 Å². The molecule has 1 atom stereocenters. The van der Waals surface area contributed by atoms with Crippen molar-refractivity contribution in [3.63, 3.8) is 0 Å². The number of aliphatic hydroxyl groups excluding tert-OH is 1. The van der Waals surface area contributed by atoms with Crippen molar-refractivity contribution in [2.45, 2.75) is 6.42 Å². The molecular formula is C12H13F2O. The van der Waals surface area contributed by atoms with Gasteiger partial charge in [-0.05, 0) is 37.0 Å². The second-order valence-corrected chi connectivity index (χ2v) is 3.48. The molecule has 3 heteroatoms. The number of aliphatic hydroxyl groups is 1. The van der Waals surface area contributed by atoms with Crippen molar-refractivity contribution in [1.82, 2.24) is 0 Å². The zero-order chi connectivity index (χ0) is 11.4. The predicted molar refractivity (Wildman–Crippen MR) is 55.9 cm³/mol. The van der Waals surface area contributed by atoms with E-state index in [0.717, 1.165) is 6.07 Å². The van der Waals surface area contributed by atoms with Gasteiger partial charge in [0.15, 0.2) is 0 Å². The van der Waals surface area contributed by atoms with Crippen LogP contribution in [0.5, 0.6) is 0 Å². The maximum Gasteiger partial charge on any atom is 0.133 e. The van der Waals surface area contributed by atoms with Crippen molar-refractivity contribution in [2.75, 3.05) is 6.61 Å². The molecule has 0 saturated carbocycles. The largest absolute Gasteiger partial charge is 0.396 e. The van der Waals surface area contributed by atoms with Gasteiger partial charge >= 0.3 is 0 Å². The molecule has 0 bridgehead atoms. The van der Waals surface area contributed by atoms with Crippen LogP contribution in [0.1, 0.15) is 12.0 Å². The summed E-state index contributed by atoms with van der Waals surface area (Å²) < 4.78 is 25.9. The number of halogens is 2. The molecule has 15 heavy (non-hydrogen) atoms. The van der Waals surface area contributed by atoms with E-state index in [1.165, 1.54) is 12.1 Å². The second-order valence-electron chi connectivity index (χ2n) is 3.48. The quantitative estimate of drug-likeness (QED) is 0.811. The van der Waals surface area contributed by atoms with E-state index in [2.05, 4.69) is 13.5 Å². The average molecular weight is 211 g/mol. The Kier molecular flexibility index (Phi) is 3.97. The summed E-state index contributed by atoms with van der Waals surface area (Å²) in [5, 5.41) is 8.79. The van der Waals surface area contributed by atoms with E-state index in [1.807, 2.05) is 0 Å². The maximum atomic E-state index is 13.3. The highest BCUT2D eigenvalue weighted by Gasteiger charge is 2.10. The fourth-order valence-corrected chi connectivity index (χ4v) is 1.30. The zero-order valence-electron chi connectivity index (χ0n) is 8.34. The van der Waals surface area contributed by atoms with Gasteiger partial charge in [-0.1, -0.05) is 6.58 Å². The van der Waals surface area contributed by atoms with Gasteiger partial charge in [0.25, 0.3) is 0 Å². The molecule has 0 aliphatic rings. The molecule has 0 spiro atoms. The second kappa shape index (κ2) is 5.03. The summed E-state index contributed by atoms with van der Waals surface area (Å²) in [6.07, 6.45) is 0.388. The van der Waals surface area contributed by atoms with Gasteiger partial charge < -0.3 is 5.11 Å². The first-order valence-electron chi connectivity index (χ1n) is 4.61. The third kappa shape index (κ3) is 3.13. The van der Waals surface area contributed by atoms with Crippen LogP contribution in [-0.4, -0.2) is 11.7 Å². The van der Waals surface area contributed by atoms with Crippen LogP contribution in [-0.2, 0) is 0 Å². The van der Waals surface area contributed by atoms with Gasteiger partial charge in [0, 0.05) is 18.2 Å². The fraction of sp³-hybridized carbons (Fsp3) is 0.250. The first kappa shape index (κ1) is 11.9. The first-order valence-corrected chi connectivity index (χ1v) is 4.61. The van der Waals surface area contributed by atoms with Crippen molar-refractivity contribution in [3.05, 3.63) is 48.9 Å². The summed E-state index contributed by atoms with van der Waals surface area (Å²) in [6, 6.07) is 3.34. The third-order valence-corrected chi connectivity index (χ3v) is 2.11. The van der Waals surface area contributed by atoms with Gasteiger partial charge in [-0.2, -0.15) is 0 Å². The van der Waals surface area contributed by atoms with Crippen LogP contribution >= 0.6 is 0 Å². The molecule has 0 unspecified atom stereocenters. The van der Waals surface area contributed by atoms with Crippen LogP contribution in [0, 0.1) is 24.5 Å². The van der Waals surface area contributed by atoms with Gasteiger partial charge in [-0.3, -0.25) is 0 Å². The Hall–Kier alpha value is -1.22. The number of benzene rings is 1. The van der Waals surface area contributed by atoms with Crippen molar-refractivity contribution >= 4 is 5.57 Å². The highest BCUT2D eigenvalue weighted by molar-refractivity contribution is 5.64. The number of hydrogen-bond donors (Lipinski definition) is 1. The Bertz CT molecular complexity index is 361. The minimum Gasteiger partial charge on any atom is -0.396 e. The topological polar surface area (TPSA) is 20.2 Å². The highest BCUT2D eigenvalue weighted by Crippen LogP contribution is 2.23. The van der Waals surface area contributed by atoms with Gasteiger partial charge in [0.2, 0.25) is 0 Å². The summed E-state index contributed by atoms with van der Waals surface area (Å²) >= 11 is 0. The Labute approximate surface area is 88.1 Å². The van der Waals surface area contributed by atoms with E-state index in [4.69, 9.17) is 5.11 Å². The van der Waals surface area contributed by atoms with E-state index in [-0.39, 0.29) is 18.1 Å². The SMILES string of the molecule is [CH2][C@H](CO)CC(=C)c1ccc(F)cc1F.